The molecule has 2 bridgehead atoms. The highest BCUT2D eigenvalue weighted by atomic mass is 127. The molecule has 5 heteroatoms. The van der Waals surface area contributed by atoms with E-state index in [4.69, 9.17) is 0 Å². The summed E-state index contributed by atoms with van der Waals surface area (Å²) in [4.78, 5) is 2.44. The normalized spacial score (nSPS) is 25.0. The third-order valence-corrected chi connectivity index (χ3v) is 5.92. The first-order valence-electron chi connectivity index (χ1n) is 8.62. The lowest BCUT2D eigenvalue weighted by molar-refractivity contribution is -0.922. The van der Waals surface area contributed by atoms with E-state index < -0.39 is 0 Å². The summed E-state index contributed by atoms with van der Waals surface area (Å²) in [5.74, 6) is 1.03. The standard InChI is InChI=1S/C19H25N4.HI/c1-23(2)16-8-9-17(23)14-22(13-12-16)19-11-10-18(20-21-19)15-6-4-3-5-7-15;/h3-7,10-11,16-17H,8-9,12-14H2,1-2H3;1H/q+1;/t16-,17+;/m1./s1. The van der Waals surface area contributed by atoms with Crippen LogP contribution in [0.3, 0.4) is 0 Å². The van der Waals surface area contributed by atoms with Gasteiger partial charge in [0.25, 0.3) is 0 Å². The molecular weight excluding hydrogens is 411 g/mol. The molecule has 1 aromatic heterocycles. The summed E-state index contributed by atoms with van der Waals surface area (Å²) in [5, 5.41) is 8.98. The minimum Gasteiger partial charge on any atom is -0.349 e. The fourth-order valence-corrected chi connectivity index (χ4v) is 4.24. The number of likely N-dealkylation sites (N-methyl/N-ethyl adjacent to an activating group) is 1. The Morgan fingerprint density at radius 2 is 1.67 bits per heavy atom. The van der Waals surface area contributed by atoms with E-state index >= 15 is 0 Å². The molecule has 0 radical (unpaired) electrons. The highest BCUT2D eigenvalue weighted by molar-refractivity contribution is 14.0. The predicted molar refractivity (Wildman–Crippen MR) is 109 cm³/mol. The molecule has 24 heavy (non-hydrogen) atoms. The summed E-state index contributed by atoms with van der Waals surface area (Å²) < 4.78 is 1.17. The molecule has 1 aromatic carbocycles. The van der Waals surface area contributed by atoms with Gasteiger partial charge in [-0.3, -0.25) is 0 Å². The van der Waals surface area contributed by atoms with Crippen molar-refractivity contribution < 1.29 is 4.48 Å². The van der Waals surface area contributed by atoms with Crippen LogP contribution in [0.5, 0.6) is 0 Å². The second kappa shape index (κ2) is 6.96. The average molecular weight is 437 g/mol. The molecule has 3 heterocycles. The maximum Gasteiger partial charge on any atom is 0.151 e. The minimum atomic E-state index is 0. The number of benzene rings is 1. The molecule has 0 unspecified atom stereocenters. The minimum absolute atomic E-state index is 0. The molecule has 0 saturated carbocycles. The number of fused-ring (bicyclic) bond motifs is 2. The summed E-state index contributed by atoms with van der Waals surface area (Å²) in [6.07, 6.45) is 3.97. The predicted octanol–water partition coefficient (Wildman–Crippen LogP) is 3.58. The molecule has 2 atom stereocenters. The van der Waals surface area contributed by atoms with Crippen LogP contribution in [-0.4, -0.2) is 53.9 Å². The Morgan fingerprint density at radius 3 is 2.38 bits per heavy atom. The highest BCUT2D eigenvalue weighted by Crippen LogP contribution is 2.35. The number of aromatic nitrogens is 2. The number of nitrogens with zero attached hydrogens (tertiary/aromatic N) is 4. The first-order chi connectivity index (χ1) is 11.1. The Morgan fingerprint density at radius 1 is 0.917 bits per heavy atom. The van der Waals surface area contributed by atoms with Crippen molar-refractivity contribution in [2.45, 2.75) is 31.3 Å². The van der Waals surface area contributed by atoms with Crippen LogP contribution in [-0.2, 0) is 0 Å². The van der Waals surface area contributed by atoms with Crippen molar-refractivity contribution >= 4 is 29.8 Å². The van der Waals surface area contributed by atoms with Crippen LogP contribution in [0.15, 0.2) is 42.5 Å². The topological polar surface area (TPSA) is 29.0 Å². The van der Waals surface area contributed by atoms with Gasteiger partial charge in [0.05, 0.1) is 32.4 Å². The zero-order valence-corrected chi connectivity index (χ0v) is 16.8. The summed E-state index contributed by atoms with van der Waals surface area (Å²) >= 11 is 0. The molecule has 4 rings (SSSR count). The molecule has 2 saturated heterocycles. The van der Waals surface area contributed by atoms with Crippen LogP contribution in [0.25, 0.3) is 11.3 Å². The van der Waals surface area contributed by atoms with Crippen LogP contribution < -0.4 is 4.90 Å². The van der Waals surface area contributed by atoms with Gasteiger partial charge in [0.2, 0.25) is 0 Å². The van der Waals surface area contributed by atoms with Crippen LogP contribution in [0, 0.1) is 0 Å². The first-order valence-corrected chi connectivity index (χ1v) is 8.62. The number of rotatable bonds is 2. The van der Waals surface area contributed by atoms with Gasteiger partial charge in [-0.2, -0.15) is 0 Å². The molecule has 2 aromatic rings. The van der Waals surface area contributed by atoms with E-state index in [1.165, 1.54) is 23.7 Å². The number of hydrogen-bond donors (Lipinski definition) is 0. The van der Waals surface area contributed by atoms with Crippen LogP contribution in [0.4, 0.5) is 5.82 Å². The van der Waals surface area contributed by atoms with Gasteiger partial charge < -0.3 is 9.38 Å². The summed E-state index contributed by atoms with van der Waals surface area (Å²) in [5.41, 5.74) is 2.07. The summed E-state index contributed by atoms with van der Waals surface area (Å²) in [7, 11) is 4.80. The molecule has 2 fully saturated rings. The van der Waals surface area contributed by atoms with Gasteiger partial charge in [-0.1, -0.05) is 30.3 Å². The van der Waals surface area contributed by atoms with Crippen molar-refractivity contribution in [2.75, 3.05) is 32.1 Å². The fraction of sp³-hybridized carbons (Fsp3) is 0.474. The van der Waals surface area contributed by atoms with E-state index in [1.54, 1.807) is 0 Å². The van der Waals surface area contributed by atoms with Crippen molar-refractivity contribution in [1.29, 1.82) is 0 Å². The van der Waals surface area contributed by atoms with Gasteiger partial charge in [0.15, 0.2) is 5.82 Å². The Labute approximate surface area is 161 Å². The number of anilines is 1. The Balaban J connectivity index is 0.00000169. The quantitative estimate of drug-likeness (QED) is 0.532. The van der Waals surface area contributed by atoms with Gasteiger partial charge >= 0.3 is 0 Å². The summed E-state index contributed by atoms with van der Waals surface area (Å²) in [6.45, 7) is 2.20. The van der Waals surface area contributed by atoms with Gasteiger partial charge in [-0.05, 0) is 12.1 Å². The second-order valence-corrected chi connectivity index (χ2v) is 7.39. The third-order valence-electron chi connectivity index (χ3n) is 5.92. The lowest BCUT2D eigenvalue weighted by Gasteiger charge is -2.35. The monoisotopic (exact) mass is 437 g/mol. The average Bonchev–Trinajstić information content (AvgIpc) is 2.76. The smallest absolute Gasteiger partial charge is 0.151 e. The van der Waals surface area contributed by atoms with Gasteiger partial charge in [0, 0.05) is 31.4 Å². The van der Waals surface area contributed by atoms with E-state index in [-0.39, 0.29) is 24.0 Å². The second-order valence-electron chi connectivity index (χ2n) is 7.39. The maximum absolute atomic E-state index is 4.52. The summed E-state index contributed by atoms with van der Waals surface area (Å²) in [6, 6.07) is 16.0. The van der Waals surface area contributed by atoms with Crippen LogP contribution in [0.1, 0.15) is 19.3 Å². The molecule has 0 amide bonds. The molecule has 128 valence electrons. The lowest BCUT2D eigenvalue weighted by Crippen LogP contribution is -2.51. The molecule has 2 aliphatic heterocycles. The first kappa shape index (κ1) is 17.6. The largest absolute Gasteiger partial charge is 0.349 e. The van der Waals surface area contributed by atoms with E-state index in [9.17, 15) is 0 Å². The maximum atomic E-state index is 4.52. The molecule has 4 nitrogen and oxygen atoms in total. The molecule has 0 spiro atoms. The third kappa shape index (κ3) is 3.16. The zero-order valence-electron chi connectivity index (χ0n) is 14.4. The number of quaternary nitrogens is 1. The SMILES string of the molecule is C[N+]1(C)[C@@H]2CC[C@H]1CN(c1ccc(-c3ccccc3)nn1)CC2.I. The molecule has 2 aliphatic rings. The Bertz CT molecular complexity index is 672. The van der Waals surface area contributed by atoms with Crippen molar-refractivity contribution in [3.05, 3.63) is 42.5 Å². The highest BCUT2D eigenvalue weighted by Gasteiger charge is 2.45. The Hall–Kier alpha value is -1.21. The van der Waals surface area contributed by atoms with Crippen molar-refractivity contribution in [3.8, 4) is 11.3 Å². The van der Waals surface area contributed by atoms with E-state index in [0.717, 1.165) is 42.2 Å². The van der Waals surface area contributed by atoms with Gasteiger partial charge in [-0.25, -0.2) is 0 Å². The zero-order chi connectivity index (χ0) is 15.9. The number of halogens is 1. The Kier molecular flexibility index (Phi) is 5.11. The van der Waals surface area contributed by atoms with Crippen molar-refractivity contribution in [3.63, 3.8) is 0 Å². The fourth-order valence-electron chi connectivity index (χ4n) is 4.24. The van der Waals surface area contributed by atoms with Crippen LogP contribution >= 0.6 is 24.0 Å². The van der Waals surface area contributed by atoms with Gasteiger partial charge in [0.1, 0.15) is 6.04 Å². The molecular formula is C19H26IN4+. The van der Waals surface area contributed by atoms with Crippen molar-refractivity contribution in [2.24, 2.45) is 0 Å². The van der Waals surface area contributed by atoms with Crippen molar-refractivity contribution in [1.82, 2.24) is 10.2 Å². The lowest BCUT2D eigenvalue weighted by atomic mass is 10.1. The van der Waals surface area contributed by atoms with Gasteiger partial charge in [-0.15, -0.1) is 34.2 Å². The van der Waals surface area contributed by atoms with Crippen LogP contribution in [0.2, 0.25) is 0 Å². The molecule has 0 N–H and O–H groups in total. The number of hydrogen-bond acceptors (Lipinski definition) is 3. The van der Waals surface area contributed by atoms with E-state index in [2.05, 4.69) is 53.5 Å². The van der Waals surface area contributed by atoms with E-state index in [1.807, 2.05) is 18.2 Å². The molecule has 0 aliphatic carbocycles. The van der Waals surface area contributed by atoms with E-state index in [0.29, 0.717) is 0 Å².